The molecule has 0 aliphatic carbocycles. The summed E-state index contributed by atoms with van der Waals surface area (Å²) in [6.45, 7) is 5.69. The molecule has 0 unspecified atom stereocenters. The van der Waals surface area contributed by atoms with E-state index in [1.165, 1.54) is 6.07 Å². The van der Waals surface area contributed by atoms with E-state index in [1.807, 2.05) is 24.3 Å². The number of carboxylic acids is 4. The van der Waals surface area contributed by atoms with Gasteiger partial charge >= 0.3 is 35.0 Å². The fourth-order valence-corrected chi connectivity index (χ4v) is 6.63. The average Bonchev–Trinajstić information content (AvgIpc) is 3.13. The monoisotopic (exact) mass is 841 g/mol. The van der Waals surface area contributed by atoms with Gasteiger partial charge in [-0.1, -0.05) is 78.9 Å². The zero-order valence-corrected chi connectivity index (χ0v) is 32.3. The molecule has 0 aromatic heterocycles. The van der Waals surface area contributed by atoms with Crippen LogP contribution in [0.2, 0.25) is 0 Å². The van der Waals surface area contributed by atoms with Gasteiger partial charge in [0, 0.05) is 84.1 Å². The molecule has 4 aromatic rings. The van der Waals surface area contributed by atoms with Gasteiger partial charge in [-0.05, 0) is 40.5 Å². The quantitative estimate of drug-likeness (QED) is 0.143. The van der Waals surface area contributed by atoms with Gasteiger partial charge in [-0.2, -0.15) is 0 Å². The molecule has 1 radical (unpaired) electrons. The number of nitrogens with zero attached hydrogens (tertiary/aromatic N) is 4. The molecule has 0 amide bonds. The molecule has 0 saturated carbocycles. The van der Waals surface area contributed by atoms with Crippen LogP contribution in [0, 0.1) is 0 Å². The van der Waals surface area contributed by atoms with E-state index in [0.29, 0.717) is 101 Å². The van der Waals surface area contributed by atoms with Crippen molar-refractivity contribution in [1.82, 2.24) is 19.6 Å². The third-order valence-electron chi connectivity index (χ3n) is 9.49. The van der Waals surface area contributed by atoms with E-state index in [1.54, 1.807) is 66.7 Å². The van der Waals surface area contributed by atoms with Crippen molar-refractivity contribution in [3.05, 3.63) is 142 Å². The van der Waals surface area contributed by atoms with Gasteiger partial charge < -0.3 is 48.6 Å². The van der Waals surface area contributed by atoms with Gasteiger partial charge in [-0.25, -0.2) is 14.4 Å². The first kappa shape index (κ1) is 49.3. The number of hydrogen-bond donors (Lipinski definition) is 3. The number of hydrogen-bond acceptors (Lipinski definition) is 9. The van der Waals surface area contributed by atoms with Gasteiger partial charge in [0.25, 0.3) is 0 Å². The number of benzene rings is 4. The molecule has 56 heavy (non-hydrogen) atoms. The fourth-order valence-electron chi connectivity index (χ4n) is 6.63. The largest absolute Gasteiger partial charge is 2.00 e. The van der Waals surface area contributed by atoms with Crippen molar-refractivity contribution < 1.29 is 80.0 Å². The Morgan fingerprint density at radius 1 is 0.429 bits per heavy atom. The summed E-state index contributed by atoms with van der Waals surface area (Å²) >= 11 is 0. The second-order valence-electron chi connectivity index (χ2n) is 12.9. The van der Waals surface area contributed by atoms with Crippen LogP contribution in [0.3, 0.4) is 0 Å². The normalized spacial score (nSPS) is 14.6. The number of halogens is 1. The maximum Gasteiger partial charge on any atom is 2.00 e. The van der Waals surface area contributed by atoms with Gasteiger partial charge in [0.05, 0.1) is 22.7 Å². The van der Waals surface area contributed by atoms with Crippen LogP contribution in [0.1, 0.15) is 63.7 Å². The van der Waals surface area contributed by atoms with Crippen LogP contribution < -0.4 is 17.5 Å². The van der Waals surface area contributed by atoms with Crippen LogP contribution in [0.15, 0.2) is 97.1 Å². The predicted molar refractivity (Wildman–Crippen MR) is 199 cm³/mol. The van der Waals surface area contributed by atoms with Gasteiger partial charge in [0.1, 0.15) is 0 Å². The molecule has 1 heterocycles. The van der Waals surface area contributed by atoms with E-state index in [-0.39, 0.29) is 62.7 Å². The van der Waals surface area contributed by atoms with Crippen molar-refractivity contribution in [2.45, 2.75) is 26.2 Å². The molecule has 1 aliphatic heterocycles. The first-order valence-corrected chi connectivity index (χ1v) is 17.2. The third kappa shape index (κ3) is 13.8. The van der Waals surface area contributed by atoms with Crippen molar-refractivity contribution in [1.29, 1.82) is 0 Å². The SMILES string of the molecule is O.O.O=C([O-])c1ccccc1CN1CCN(Cc2ccccc2C(=O)O)CCN(Cc2ccccc2C(=O)O)CCN(Cc2ccccc2C(=O)O)CC1.[Cl-].[Cu+2]. The molecular weight excluding hydrogens is 795 g/mol. The van der Waals surface area contributed by atoms with Crippen molar-refractivity contribution in [2.75, 3.05) is 52.4 Å². The van der Waals surface area contributed by atoms with Crippen LogP contribution in [0.4, 0.5) is 0 Å². The number of carbonyl (C=O) groups is 4. The van der Waals surface area contributed by atoms with E-state index in [4.69, 9.17) is 0 Å². The smallest absolute Gasteiger partial charge is 1.00 e. The minimum absolute atomic E-state index is 0. The summed E-state index contributed by atoms with van der Waals surface area (Å²) in [4.78, 5) is 57.0. The summed E-state index contributed by atoms with van der Waals surface area (Å²) in [5.41, 5.74) is 3.40. The van der Waals surface area contributed by atoms with Crippen LogP contribution in [-0.4, -0.2) is 122 Å². The molecule has 7 N–H and O–H groups in total. The summed E-state index contributed by atoms with van der Waals surface area (Å²) in [7, 11) is 0. The van der Waals surface area contributed by atoms with Gasteiger partial charge in [0.15, 0.2) is 0 Å². The molecule has 5 rings (SSSR count). The third-order valence-corrected chi connectivity index (χ3v) is 9.49. The Labute approximate surface area is 342 Å². The molecule has 4 aromatic carbocycles. The van der Waals surface area contributed by atoms with E-state index >= 15 is 0 Å². The van der Waals surface area contributed by atoms with Crippen molar-refractivity contribution in [3.63, 3.8) is 0 Å². The van der Waals surface area contributed by atoms with Crippen LogP contribution in [0.25, 0.3) is 0 Å². The topological polar surface area (TPSA) is 228 Å². The predicted octanol–water partition coefficient (Wildman–Crippen LogP) is -1.18. The van der Waals surface area contributed by atoms with E-state index in [2.05, 4.69) is 19.6 Å². The minimum atomic E-state index is -1.26. The maximum atomic E-state index is 12.1. The van der Waals surface area contributed by atoms with Gasteiger partial charge in [0.2, 0.25) is 0 Å². The summed E-state index contributed by atoms with van der Waals surface area (Å²) in [5, 5.41) is 41.7. The summed E-state index contributed by atoms with van der Waals surface area (Å²) in [6.07, 6.45) is 0. The molecule has 0 bridgehead atoms. The zero-order valence-electron chi connectivity index (χ0n) is 30.6. The summed E-state index contributed by atoms with van der Waals surface area (Å²) in [6, 6.07) is 27.5. The average molecular weight is 843 g/mol. The van der Waals surface area contributed by atoms with Gasteiger partial charge in [-0.15, -0.1) is 0 Å². The standard InChI is InChI=1S/C40H44N4O8.ClH.Cu.2H2O/c45-37(46)33-13-5-1-9-29(33)25-41-17-19-42(26-30-10-2-6-14-34(30)38(47)48)21-23-44(28-32-12-4-8-16-36(32)40(51)52)24-22-43(20-18-41)27-31-11-3-7-15-35(31)39(49)50;;;;/h1-16H,17-28H2,(H,45,46)(H,47,48)(H,49,50)(H,51,52);1H;;2*1H2/q;;+2;;/p-2. The molecular formula is C40H47ClCuN4O10. The van der Waals surface area contributed by atoms with Crippen LogP contribution >= 0.6 is 0 Å². The molecule has 1 fully saturated rings. The van der Waals surface area contributed by atoms with Crippen molar-refractivity contribution >= 4 is 23.9 Å². The Kier molecular flexibility index (Phi) is 21.2. The Balaban J connectivity index is 0.00000392. The molecule has 0 spiro atoms. The summed E-state index contributed by atoms with van der Waals surface area (Å²) in [5.74, 6) is -4.29. The summed E-state index contributed by atoms with van der Waals surface area (Å²) < 4.78 is 0. The molecule has 305 valence electrons. The second kappa shape index (κ2) is 24.1. The Morgan fingerprint density at radius 3 is 0.839 bits per heavy atom. The number of carboxylic acid groups (broad SMARTS) is 4. The fraction of sp³-hybridized carbons (Fsp3) is 0.300. The second-order valence-corrected chi connectivity index (χ2v) is 12.9. The first-order chi connectivity index (χ1) is 25.1. The van der Waals surface area contributed by atoms with E-state index in [9.17, 15) is 39.6 Å². The molecule has 0 atom stereocenters. The zero-order chi connectivity index (χ0) is 37.0. The van der Waals surface area contributed by atoms with E-state index in [0.717, 1.165) is 0 Å². The van der Waals surface area contributed by atoms with Crippen LogP contribution in [-0.2, 0) is 43.2 Å². The molecule has 1 saturated heterocycles. The molecule has 14 nitrogen and oxygen atoms in total. The number of aromatic carboxylic acids is 4. The van der Waals surface area contributed by atoms with Gasteiger partial charge in [-0.3, -0.25) is 19.6 Å². The first-order valence-electron chi connectivity index (χ1n) is 17.2. The number of carbonyl (C=O) groups excluding carboxylic acids is 1. The van der Waals surface area contributed by atoms with E-state index < -0.39 is 23.9 Å². The van der Waals surface area contributed by atoms with Crippen molar-refractivity contribution in [3.8, 4) is 0 Å². The molecule has 16 heteroatoms. The van der Waals surface area contributed by atoms with Crippen molar-refractivity contribution in [2.24, 2.45) is 0 Å². The Morgan fingerprint density at radius 2 is 0.625 bits per heavy atom. The number of rotatable bonds is 12. The Hall–Kier alpha value is -4.67. The maximum absolute atomic E-state index is 12.1. The molecule has 1 aliphatic rings. The van der Waals surface area contributed by atoms with Crippen LogP contribution in [0.5, 0.6) is 0 Å². The minimum Gasteiger partial charge on any atom is -1.00 e. The Bertz CT molecular complexity index is 1620.